The van der Waals surface area contributed by atoms with Crippen LogP contribution in [0.1, 0.15) is 58.1 Å². The van der Waals surface area contributed by atoms with Gasteiger partial charge in [0.05, 0.1) is 0 Å². The number of nitrogens with zero attached hydrogens (tertiary/aromatic N) is 2. The van der Waals surface area contributed by atoms with Gasteiger partial charge in [0.2, 0.25) is 0 Å². The van der Waals surface area contributed by atoms with Crippen LogP contribution in [0.3, 0.4) is 0 Å². The van der Waals surface area contributed by atoms with Gasteiger partial charge in [-0.25, -0.2) is 0 Å². The van der Waals surface area contributed by atoms with E-state index in [0.29, 0.717) is 5.41 Å². The van der Waals surface area contributed by atoms with Crippen LogP contribution in [0, 0.1) is 17.3 Å². The molecule has 3 heteroatoms. The van der Waals surface area contributed by atoms with Gasteiger partial charge in [-0.3, -0.25) is 4.68 Å². The van der Waals surface area contributed by atoms with E-state index < -0.39 is 0 Å². The van der Waals surface area contributed by atoms with E-state index in [9.17, 15) is 0 Å². The van der Waals surface area contributed by atoms with Crippen molar-refractivity contribution in [1.29, 1.82) is 0 Å². The number of rotatable bonds is 6. The van der Waals surface area contributed by atoms with E-state index in [1.54, 1.807) is 0 Å². The van der Waals surface area contributed by atoms with Crippen molar-refractivity contribution in [2.75, 3.05) is 6.54 Å². The second-order valence-electron chi connectivity index (χ2n) is 8.09. The van der Waals surface area contributed by atoms with Gasteiger partial charge in [0, 0.05) is 25.0 Å². The molecule has 2 unspecified atom stereocenters. The molecule has 118 valence electrons. The molecule has 21 heavy (non-hydrogen) atoms. The summed E-state index contributed by atoms with van der Waals surface area (Å²) >= 11 is 0. The van der Waals surface area contributed by atoms with Crippen LogP contribution in [0.5, 0.6) is 0 Å². The molecule has 2 aliphatic carbocycles. The summed E-state index contributed by atoms with van der Waals surface area (Å²) in [4.78, 5) is 0. The number of aromatic nitrogens is 2. The predicted octanol–water partition coefficient (Wildman–Crippen LogP) is 3.55. The Labute approximate surface area is 129 Å². The highest BCUT2D eigenvalue weighted by molar-refractivity contribution is 5.01. The molecule has 1 heterocycles. The summed E-state index contributed by atoms with van der Waals surface area (Å²) < 4.78 is 2.03. The number of nitrogens with one attached hydrogen (secondary N) is 1. The van der Waals surface area contributed by atoms with E-state index in [0.717, 1.165) is 17.9 Å². The van der Waals surface area contributed by atoms with Crippen LogP contribution in [0.15, 0.2) is 12.3 Å². The van der Waals surface area contributed by atoms with E-state index in [-0.39, 0.29) is 0 Å². The second kappa shape index (κ2) is 6.12. The predicted molar refractivity (Wildman–Crippen MR) is 87.2 cm³/mol. The fourth-order valence-electron chi connectivity index (χ4n) is 3.98. The quantitative estimate of drug-likeness (QED) is 0.868. The zero-order valence-corrected chi connectivity index (χ0v) is 13.9. The lowest BCUT2D eigenvalue weighted by Gasteiger charge is -2.41. The third-order valence-electron chi connectivity index (χ3n) is 5.61. The molecular formula is C18H31N3. The Kier molecular flexibility index (Phi) is 4.39. The first-order chi connectivity index (χ1) is 10.0. The molecule has 3 nitrogen and oxygen atoms in total. The minimum atomic E-state index is 0.535. The molecule has 3 rings (SSSR count). The van der Waals surface area contributed by atoms with Crippen molar-refractivity contribution in [3.8, 4) is 0 Å². The van der Waals surface area contributed by atoms with Crippen molar-refractivity contribution in [3.63, 3.8) is 0 Å². The van der Waals surface area contributed by atoms with Gasteiger partial charge in [-0.15, -0.1) is 0 Å². The standard InChI is InChI=1S/C18H31N3/c1-18(2)10-8-15(13-19-16-5-6-16)14(12-18)4-7-17-9-11-20-21(17)3/h9,11,14-16,19H,4-8,10,12-13H2,1-3H3. The Morgan fingerprint density at radius 1 is 1.29 bits per heavy atom. The Morgan fingerprint density at radius 2 is 2.10 bits per heavy atom. The van der Waals surface area contributed by atoms with Gasteiger partial charge in [0.15, 0.2) is 0 Å². The SMILES string of the molecule is Cn1nccc1CCC1CC(C)(C)CCC1CNC1CC1. The average molecular weight is 289 g/mol. The first-order valence-electron chi connectivity index (χ1n) is 8.74. The van der Waals surface area contributed by atoms with Crippen molar-refractivity contribution in [1.82, 2.24) is 15.1 Å². The van der Waals surface area contributed by atoms with Gasteiger partial charge in [-0.05, 0) is 74.8 Å². The van der Waals surface area contributed by atoms with Crippen molar-refractivity contribution in [2.24, 2.45) is 24.3 Å². The van der Waals surface area contributed by atoms with Gasteiger partial charge in [-0.1, -0.05) is 13.8 Å². The summed E-state index contributed by atoms with van der Waals surface area (Å²) in [5.74, 6) is 1.75. The molecule has 1 N–H and O–H groups in total. The van der Waals surface area contributed by atoms with Crippen LogP contribution >= 0.6 is 0 Å². The van der Waals surface area contributed by atoms with Crippen molar-refractivity contribution in [2.45, 2.75) is 64.8 Å². The third kappa shape index (κ3) is 4.09. The molecule has 1 aromatic heterocycles. The lowest BCUT2D eigenvalue weighted by molar-refractivity contribution is 0.109. The highest BCUT2D eigenvalue weighted by Gasteiger charge is 2.35. The number of hydrogen-bond donors (Lipinski definition) is 1. The molecule has 1 aromatic rings. The molecule has 0 amide bonds. The Hall–Kier alpha value is -0.830. The molecular weight excluding hydrogens is 258 g/mol. The highest BCUT2D eigenvalue weighted by atomic mass is 15.2. The van der Waals surface area contributed by atoms with Crippen LogP contribution < -0.4 is 5.32 Å². The van der Waals surface area contributed by atoms with Gasteiger partial charge < -0.3 is 5.32 Å². The fraction of sp³-hybridized carbons (Fsp3) is 0.833. The molecule has 2 fully saturated rings. The van der Waals surface area contributed by atoms with Gasteiger partial charge in [-0.2, -0.15) is 5.10 Å². The zero-order valence-electron chi connectivity index (χ0n) is 13.9. The third-order valence-corrected chi connectivity index (χ3v) is 5.61. The second-order valence-corrected chi connectivity index (χ2v) is 8.09. The minimum Gasteiger partial charge on any atom is -0.314 e. The van der Waals surface area contributed by atoms with E-state index in [1.165, 1.54) is 57.2 Å². The van der Waals surface area contributed by atoms with Crippen molar-refractivity contribution < 1.29 is 0 Å². The minimum absolute atomic E-state index is 0.535. The molecule has 2 atom stereocenters. The summed E-state index contributed by atoms with van der Waals surface area (Å²) in [6.07, 6.45) is 11.4. The Morgan fingerprint density at radius 3 is 2.76 bits per heavy atom. The lowest BCUT2D eigenvalue weighted by atomic mass is 9.66. The molecule has 0 radical (unpaired) electrons. The largest absolute Gasteiger partial charge is 0.314 e. The van der Waals surface area contributed by atoms with Crippen molar-refractivity contribution in [3.05, 3.63) is 18.0 Å². The molecule has 2 saturated carbocycles. The molecule has 0 aromatic carbocycles. The first kappa shape index (κ1) is 15.1. The zero-order chi connectivity index (χ0) is 14.9. The smallest absolute Gasteiger partial charge is 0.0492 e. The highest BCUT2D eigenvalue weighted by Crippen LogP contribution is 2.43. The first-order valence-corrected chi connectivity index (χ1v) is 8.74. The summed E-state index contributed by atoms with van der Waals surface area (Å²) in [6.45, 7) is 6.15. The van der Waals surface area contributed by atoms with Crippen LogP contribution in [-0.4, -0.2) is 22.4 Å². The normalized spacial score (nSPS) is 28.7. The number of aryl methyl sites for hydroxylation is 2. The Balaban J connectivity index is 1.57. The van der Waals surface area contributed by atoms with Gasteiger partial charge in [0.1, 0.15) is 0 Å². The molecule has 0 bridgehead atoms. The van der Waals surface area contributed by atoms with Gasteiger partial charge >= 0.3 is 0 Å². The molecule has 0 aliphatic heterocycles. The maximum Gasteiger partial charge on any atom is 0.0492 e. The van der Waals surface area contributed by atoms with E-state index in [2.05, 4.69) is 37.4 Å². The fourth-order valence-corrected chi connectivity index (χ4v) is 3.98. The van der Waals surface area contributed by atoms with E-state index in [1.807, 2.05) is 10.9 Å². The lowest BCUT2D eigenvalue weighted by Crippen LogP contribution is -2.37. The Bertz CT molecular complexity index is 457. The number of hydrogen-bond acceptors (Lipinski definition) is 2. The summed E-state index contributed by atoms with van der Waals surface area (Å²) in [6, 6.07) is 3.02. The van der Waals surface area contributed by atoms with Crippen LogP contribution in [0.25, 0.3) is 0 Å². The molecule has 0 spiro atoms. The van der Waals surface area contributed by atoms with E-state index >= 15 is 0 Å². The average Bonchev–Trinajstić information content (AvgIpc) is 3.17. The van der Waals surface area contributed by atoms with Gasteiger partial charge in [0.25, 0.3) is 0 Å². The van der Waals surface area contributed by atoms with Crippen molar-refractivity contribution >= 4 is 0 Å². The van der Waals surface area contributed by atoms with E-state index in [4.69, 9.17) is 0 Å². The molecule has 0 saturated heterocycles. The summed E-state index contributed by atoms with van der Waals surface area (Å²) in [5.41, 5.74) is 1.92. The maximum atomic E-state index is 4.30. The maximum absolute atomic E-state index is 4.30. The summed E-state index contributed by atoms with van der Waals surface area (Å²) in [7, 11) is 2.06. The summed E-state index contributed by atoms with van der Waals surface area (Å²) in [5, 5.41) is 8.07. The van der Waals surface area contributed by atoms with Crippen LogP contribution in [0.2, 0.25) is 0 Å². The molecule has 2 aliphatic rings. The monoisotopic (exact) mass is 289 g/mol. The van der Waals surface area contributed by atoms with Crippen LogP contribution in [0.4, 0.5) is 0 Å². The van der Waals surface area contributed by atoms with Crippen LogP contribution in [-0.2, 0) is 13.5 Å². The topological polar surface area (TPSA) is 29.9 Å².